The van der Waals surface area contributed by atoms with E-state index in [9.17, 15) is 9.59 Å². The summed E-state index contributed by atoms with van der Waals surface area (Å²) >= 11 is 1.58. The molecular weight excluding hydrogens is 250 g/mol. The lowest BCUT2D eigenvalue weighted by Crippen LogP contribution is -2.45. The molecule has 1 amide bonds. The van der Waals surface area contributed by atoms with Crippen LogP contribution in [0.5, 0.6) is 0 Å². The number of carbonyl (C=O) groups is 2. The van der Waals surface area contributed by atoms with Gasteiger partial charge in [0.05, 0.1) is 5.37 Å². The van der Waals surface area contributed by atoms with Gasteiger partial charge in [-0.05, 0) is 12.8 Å². The van der Waals surface area contributed by atoms with Gasteiger partial charge in [-0.15, -0.1) is 11.8 Å². The first-order chi connectivity index (χ1) is 8.61. The quantitative estimate of drug-likeness (QED) is 0.725. The molecule has 18 heavy (non-hydrogen) atoms. The fourth-order valence-electron chi connectivity index (χ4n) is 2.23. The molecule has 1 N–H and O–H groups in total. The monoisotopic (exact) mass is 273 g/mol. The molecule has 0 aromatic heterocycles. The van der Waals surface area contributed by atoms with E-state index in [1.165, 1.54) is 0 Å². The highest BCUT2D eigenvalue weighted by atomic mass is 32.2. The number of hydrogen-bond acceptors (Lipinski definition) is 3. The lowest BCUT2D eigenvalue weighted by molar-refractivity contribution is -0.149. The van der Waals surface area contributed by atoms with Crippen LogP contribution in [0, 0.1) is 0 Å². The number of hydrogen-bond donors (Lipinski definition) is 1. The van der Waals surface area contributed by atoms with Crippen LogP contribution in [0.1, 0.15) is 52.4 Å². The predicted molar refractivity (Wildman–Crippen MR) is 73.6 cm³/mol. The van der Waals surface area contributed by atoms with Crippen LogP contribution in [-0.2, 0) is 9.59 Å². The number of nitrogens with zero attached hydrogens (tertiary/aromatic N) is 1. The second kappa shape index (κ2) is 7.67. The van der Waals surface area contributed by atoms with E-state index >= 15 is 0 Å². The maximum absolute atomic E-state index is 12.1. The normalized spacial score (nSPS) is 23.3. The molecule has 0 spiro atoms. The molecule has 1 heterocycles. The minimum absolute atomic E-state index is 0.00959. The minimum Gasteiger partial charge on any atom is -0.480 e. The maximum Gasteiger partial charge on any atom is 0.327 e. The Hall–Kier alpha value is -0.710. The highest BCUT2D eigenvalue weighted by molar-refractivity contribution is 8.00. The lowest BCUT2D eigenvalue weighted by Gasteiger charge is -2.26. The number of carbonyl (C=O) groups excluding carboxylic acids is 1. The van der Waals surface area contributed by atoms with Crippen LogP contribution in [0.25, 0.3) is 0 Å². The largest absolute Gasteiger partial charge is 0.480 e. The molecule has 4 nitrogen and oxygen atoms in total. The van der Waals surface area contributed by atoms with Crippen molar-refractivity contribution in [2.45, 2.75) is 63.8 Å². The van der Waals surface area contributed by atoms with Crippen LogP contribution >= 0.6 is 11.8 Å². The number of unbranched alkanes of at least 4 members (excludes halogenated alkanes) is 3. The topological polar surface area (TPSA) is 57.6 Å². The third-order valence-electron chi connectivity index (χ3n) is 3.26. The first-order valence-electron chi connectivity index (χ1n) is 6.77. The Bertz CT molecular complexity index is 296. The summed E-state index contributed by atoms with van der Waals surface area (Å²) in [7, 11) is 0. The molecule has 0 aliphatic carbocycles. The predicted octanol–water partition coefficient (Wildman–Crippen LogP) is 2.72. The summed E-state index contributed by atoms with van der Waals surface area (Å²) in [5.41, 5.74) is 0. The average molecular weight is 273 g/mol. The molecule has 0 saturated carbocycles. The molecule has 1 aliphatic heterocycles. The Morgan fingerprint density at radius 2 is 2.00 bits per heavy atom. The van der Waals surface area contributed by atoms with E-state index in [1.54, 1.807) is 16.7 Å². The van der Waals surface area contributed by atoms with Crippen molar-refractivity contribution in [3.8, 4) is 0 Å². The molecular formula is C13H23NO3S. The highest BCUT2D eigenvalue weighted by Crippen LogP contribution is 2.32. The van der Waals surface area contributed by atoms with E-state index in [4.69, 9.17) is 5.11 Å². The SMILES string of the molecule is CCCCCCC(=O)N1C(CC)SCC1C(=O)O. The lowest BCUT2D eigenvalue weighted by atomic mass is 10.1. The fraction of sp³-hybridized carbons (Fsp3) is 0.846. The molecule has 1 aliphatic rings. The Labute approximate surface area is 113 Å². The Balaban J connectivity index is 2.52. The summed E-state index contributed by atoms with van der Waals surface area (Å²) < 4.78 is 0. The third-order valence-corrected chi connectivity index (χ3v) is 4.71. The van der Waals surface area contributed by atoms with Crippen LogP contribution in [0.3, 0.4) is 0 Å². The zero-order valence-corrected chi connectivity index (χ0v) is 12.0. The highest BCUT2D eigenvalue weighted by Gasteiger charge is 2.40. The molecule has 2 unspecified atom stereocenters. The van der Waals surface area contributed by atoms with Gasteiger partial charge < -0.3 is 10.0 Å². The smallest absolute Gasteiger partial charge is 0.327 e. The van der Waals surface area contributed by atoms with E-state index in [-0.39, 0.29) is 11.3 Å². The molecule has 2 atom stereocenters. The fourth-order valence-corrected chi connectivity index (χ4v) is 3.60. The second-order valence-electron chi connectivity index (χ2n) is 4.66. The number of aliphatic carboxylic acids is 1. The summed E-state index contributed by atoms with van der Waals surface area (Å²) in [6, 6.07) is -0.626. The minimum atomic E-state index is -0.875. The maximum atomic E-state index is 12.1. The van der Waals surface area contributed by atoms with Crippen molar-refractivity contribution in [1.82, 2.24) is 4.90 Å². The van der Waals surface area contributed by atoms with Crippen LogP contribution < -0.4 is 0 Å². The van der Waals surface area contributed by atoms with Crippen LogP contribution in [-0.4, -0.2) is 39.1 Å². The number of carboxylic acid groups (broad SMARTS) is 1. The third kappa shape index (κ3) is 3.90. The Morgan fingerprint density at radius 3 is 2.56 bits per heavy atom. The summed E-state index contributed by atoms with van der Waals surface area (Å²) in [6.45, 7) is 4.13. The van der Waals surface area contributed by atoms with Gasteiger partial charge in [0.15, 0.2) is 0 Å². The molecule has 1 fully saturated rings. The summed E-state index contributed by atoms with van der Waals surface area (Å²) in [5, 5.41) is 9.19. The van der Waals surface area contributed by atoms with Crippen molar-refractivity contribution in [3.05, 3.63) is 0 Å². The van der Waals surface area contributed by atoms with E-state index in [0.717, 1.165) is 32.1 Å². The van der Waals surface area contributed by atoms with E-state index in [2.05, 4.69) is 6.92 Å². The van der Waals surface area contributed by atoms with Crippen molar-refractivity contribution in [3.63, 3.8) is 0 Å². The zero-order chi connectivity index (χ0) is 13.5. The van der Waals surface area contributed by atoms with Gasteiger partial charge in [-0.25, -0.2) is 4.79 Å². The summed E-state index contributed by atoms with van der Waals surface area (Å²) in [6.07, 6.45) is 5.51. The van der Waals surface area contributed by atoms with Gasteiger partial charge in [0.25, 0.3) is 0 Å². The molecule has 0 aromatic rings. The summed E-state index contributed by atoms with van der Waals surface area (Å²) in [5.74, 6) is -0.343. The molecule has 1 rings (SSSR count). The van der Waals surface area contributed by atoms with Crippen LogP contribution in [0.2, 0.25) is 0 Å². The molecule has 0 bridgehead atoms. The van der Waals surface area contributed by atoms with Crippen LogP contribution in [0.4, 0.5) is 0 Å². The van der Waals surface area contributed by atoms with Crippen molar-refractivity contribution in [1.29, 1.82) is 0 Å². The first kappa shape index (κ1) is 15.3. The van der Waals surface area contributed by atoms with Gasteiger partial charge in [0.2, 0.25) is 5.91 Å². The first-order valence-corrected chi connectivity index (χ1v) is 7.82. The van der Waals surface area contributed by atoms with E-state index < -0.39 is 12.0 Å². The van der Waals surface area contributed by atoms with Gasteiger partial charge in [-0.2, -0.15) is 0 Å². The second-order valence-corrected chi connectivity index (χ2v) is 5.87. The zero-order valence-electron chi connectivity index (χ0n) is 11.2. The Kier molecular flexibility index (Phi) is 6.54. The number of rotatable bonds is 7. The number of amides is 1. The van der Waals surface area contributed by atoms with Crippen molar-refractivity contribution < 1.29 is 14.7 Å². The molecule has 1 saturated heterocycles. The van der Waals surface area contributed by atoms with E-state index in [0.29, 0.717) is 12.2 Å². The average Bonchev–Trinajstić information content (AvgIpc) is 2.78. The Morgan fingerprint density at radius 1 is 1.28 bits per heavy atom. The standard InChI is InChI=1S/C13H23NO3S/c1-3-5-6-7-8-11(15)14-10(13(16)17)9-18-12(14)4-2/h10,12H,3-9H2,1-2H3,(H,16,17). The van der Waals surface area contributed by atoms with Gasteiger partial charge in [-0.3, -0.25) is 4.79 Å². The molecule has 104 valence electrons. The van der Waals surface area contributed by atoms with Crippen molar-refractivity contribution in [2.24, 2.45) is 0 Å². The van der Waals surface area contributed by atoms with Gasteiger partial charge in [0, 0.05) is 12.2 Å². The molecule has 5 heteroatoms. The van der Waals surface area contributed by atoms with Crippen molar-refractivity contribution >= 4 is 23.6 Å². The number of thioether (sulfide) groups is 1. The van der Waals surface area contributed by atoms with E-state index in [1.807, 2.05) is 6.92 Å². The number of carboxylic acids is 1. The van der Waals surface area contributed by atoms with Crippen LogP contribution in [0.15, 0.2) is 0 Å². The molecule has 0 aromatic carbocycles. The van der Waals surface area contributed by atoms with Gasteiger partial charge >= 0.3 is 5.97 Å². The van der Waals surface area contributed by atoms with Gasteiger partial charge in [-0.1, -0.05) is 33.1 Å². The summed E-state index contributed by atoms with van der Waals surface area (Å²) in [4.78, 5) is 24.9. The molecule has 0 radical (unpaired) electrons. The van der Waals surface area contributed by atoms with Gasteiger partial charge in [0.1, 0.15) is 6.04 Å². The van der Waals surface area contributed by atoms with Crippen molar-refractivity contribution in [2.75, 3.05) is 5.75 Å².